The summed E-state index contributed by atoms with van der Waals surface area (Å²) in [7, 11) is 0. The zero-order valence-corrected chi connectivity index (χ0v) is 12.3. The Bertz CT molecular complexity index is 513. The SMILES string of the molecule is NC(=O)c1ccc(Cl)c(NC2CCCC(C3CC3)C2)c1. The molecule has 0 radical (unpaired) electrons. The summed E-state index contributed by atoms with van der Waals surface area (Å²) in [5.74, 6) is 1.43. The molecule has 0 aliphatic heterocycles. The standard InChI is InChI=1S/C16H21ClN2O/c17-14-7-6-12(16(18)20)9-15(14)19-13-3-1-2-11(8-13)10-4-5-10/h6-7,9-11,13,19H,1-5,8H2,(H2,18,20). The van der Waals surface area contributed by atoms with Gasteiger partial charge in [-0.3, -0.25) is 4.79 Å². The fourth-order valence-electron chi connectivity index (χ4n) is 3.36. The molecule has 2 unspecified atom stereocenters. The molecule has 0 heterocycles. The van der Waals surface area contributed by atoms with E-state index in [1.54, 1.807) is 18.2 Å². The smallest absolute Gasteiger partial charge is 0.248 e. The minimum atomic E-state index is -0.413. The largest absolute Gasteiger partial charge is 0.381 e. The van der Waals surface area contributed by atoms with Gasteiger partial charge in [0.2, 0.25) is 5.91 Å². The van der Waals surface area contributed by atoms with Gasteiger partial charge in [-0.05, 0) is 55.7 Å². The van der Waals surface area contributed by atoms with Gasteiger partial charge < -0.3 is 11.1 Å². The minimum absolute atomic E-state index is 0.413. The Balaban J connectivity index is 1.69. The van der Waals surface area contributed by atoms with Crippen LogP contribution in [0, 0.1) is 11.8 Å². The van der Waals surface area contributed by atoms with E-state index < -0.39 is 5.91 Å². The van der Waals surface area contributed by atoms with Crippen LogP contribution in [0.25, 0.3) is 0 Å². The molecule has 3 rings (SSSR count). The molecule has 1 amide bonds. The highest BCUT2D eigenvalue weighted by molar-refractivity contribution is 6.33. The normalized spacial score (nSPS) is 26.2. The number of hydrogen-bond donors (Lipinski definition) is 2. The number of benzene rings is 1. The average Bonchev–Trinajstić information content (AvgIpc) is 3.26. The quantitative estimate of drug-likeness (QED) is 0.886. The van der Waals surface area contributed by atoms with Gasteiger partial charge in [0, 0.05) is 11.6 Å². The Labute approximate surface area is 124 Å². The topological polar surface area (TPSA) is 55.1 Å². The molecule has 108 valence electrons. The van der Waals surface area contributed by atoms with Crippen molar-refractivity contribution in [2.45, 2.75) is 44.6 Å². The molecule has 0 aromatic heterocycles. The highest BCUT2D eigenvalue weighted by atomic mass is 35.5. The molecule has 3 nitrogen and oxygen atoms in total. The summed E-state index contributed by atoms with van der Waals surface area (Å²) < 4.78 is 0. The van der Waals surface area contributed by atoms with E-state index in [0.717, 1.165) is 17.5 Å². The van der Waals surface area contributed by atoms with Crippen LogP contribution in [-0.2, 0) is 0 Å². The van der Waals surface area contributed by atoms with Crippen molar-refractivity contribution in [3.63, 3.8) is 0 Å². The van der Waals surface area contributed by atoms with Crippen molar-refractivity contribution < 1.29 is 4.79 Å². The van der Waals surface area contributed by atoms with Gasteiger partial charge in [0.1, 0.15) is 0 Å². The number of carbonyl (C=O) groups excluding carboxylic acids is 1. The fourth-order valence-corrected chi connectivity index (χ4v) is 3.54. The first-order valence-corrected chi connectivity index (χ1v) is 7.87. The molecule has 2 saturated carbocycles. The predicted molar refractivity (Wildman–Crippen MR) is 82.1 cm³/mol. The van der Waals surface area contributed by atoms with Crippen LogP contribution >= 0.6 is 11.6 Å². The van der Waals surface area contributed by atoms with Gasteiger partial charge in [-0.25, -0.2) is 0 Å². The molecule has 1 aromatic carbocycles. The number of nitrogens with one attached hydrogen (secondary N) is 1. The van der Waals surface area contributed by atoms with Crippen LogP contribution in [-0.4, -0.2) is 11.9 Å². The summed E-state index contributed by atoms with van der Waals surface area (Å²) in [4.78, 5) is 11.3. The first kappa shape index (κ1) is 13.7. The van der Waals surface area contributed by atoms with E-state index in [0.29, 0.717) is 16.6 Å². The summed E-state index contributed by atoms with van der Waals surface area (Å²) >= 11 is 6.22. The van der Waals surface area contributed by atoms with E-state index in [9.17, 15) is 4.79 Å². The van der Waals surface area contributed by atoms with Crippen LogP contribution in [0.5, 0.6) is 0 Å². The van der Waals surface area contributed by atoms with Gasteiger partial charge in [-0.15, -0.1) is 0 Å². The molecule has 0 bridgehead atoms. The minimum Gasteiger partial charge on any atom is -0.381 e. The maximum Gasteiger partial charge on any atom is 0.248 e. The second kappa shape index (κ2) is 5.65. The van der Waals surface area contributed by atoms with E-state index in [2.05, 4.69) is 5.32 Å². The fraction of sp³-hybridized carbons (Fsp3) is 0.562. The molecule has 3 N–H and O–H groups in total. The monoisotopic (exact) mass is 292 g/mol. The van der Waals surface area contributed by atoms with Gasteiger partial charge in [0.15, 0.2) is 0 Å². The Morgan fingerprint density at radius 2 is 2.00 bits per heavy atom. The molecule has 2 fully saturated rings. The summed E-state index contributed by atoms with van der Waals surface area (Å²) in [6, 6.07) is 5.65. The zero-order valence-electron chi connectivity index (χ0n) is 11.6. The molecule has 0 saturated heterocycles. The highest BCUT2D eigenvalue weighted by Crippen LogP contribution is 2.44. The van der Waals surface area contributed by atoms with Crippen molar-refractivity contribution in [3.8, 4) is 0 Å². The number of primary amides is 1. The molecule has 20 heavy (non-hydrogen) atoms. The van der Waals surface area contributed by atoms with E-state index in [1.165, 1.54) is 38.5 Å². The van der Waals surface area contributed by atoms with E-state index >= 15 is 0 Å². The van der Waals surface area contributed by atoms with Crippen molar-refractivity contribution in [1.82, 2.24) is 0 Å². The third-order valence-electron chi connectivity index (χ3n) is 4.61. The van der Waals surface area contributed by atoms with Gasteiger partial charge in [-0.2, -0.15) is 0 Å². The van der Waals surface area contributed by atoms with Crippen LogP contribution in [0.1, 0.15) is 48.9 Å². The molecular weight excluding hydrogens is 272 g/mol. The lowest BCUT2D eigenvalue weighted by Crippen LogP contribution is -2.28. The lowest BCUT2D eigenvalue weighted by molar-refractivity contribution is 0.100. The van der Waals surface area contributed by atoms with Crippen LogP contribution in [0.3, 0.4) is 0 Å². The van der Waals surface area contributed by atoms with Crippen LogP contribution in [0.15, 0.2) is 18.2 Å². The first-order valence-electron chi connectivity index (χ1n) is 7.49. The van der Waals surface area contributed by atoms with Gasteiger partial charge in [0.25, 0.3) is 0 Å². The summed E-state index contributed by atoms with van der Waals surface area (Å²) in [6.07, 6.45) is 7.89. The number of carbonyl (C=O) groups is 1. The van der Waals surface area contributed by atoms with E-state index in [1.807, 2.05) is 0 Å². The lowest BCUT2D eigenvalue weighted by Gasteiger charge is -2.31. The molecule has 2 atom stereocenters. The number of hydrogen-bond acceptors (Lipinski definition) is 2. The summed E-state index contributed by atoms with van der Waals surface area (Å²) in [6.45, 7) is 0. The van der Waals surface area contributed by atoms with Crippen molar-refractivity contribution in [3.05, 3.63) is 28.8 Å². The predicted octanol–water partition coefficient (Wildman–Crippen LogP) is 3.82. The van der Waals surface area contributed by atoms with Crippen molar-refractivity contribution in [2.24, 2.45) is 17.6 Å². The van der Waals surface area contributed by atoms with Gasteiger partial charge >= 0.3 is 0 Å². The maximum absolute atomic E-state index is 11.3. The van der Waals surface area contributed by atoms with Crippen LogP contribution < -0.4 is 11.1 Å². The second-order valence-electron chi connectivity index (χ2n) is 6.16. The van der Waals surface area contributed by atoms with Crippen molar-refractivity contribution >= 4 is 23.2 Å². The van der Waals surface area contributed by atoms with Crippen molar-refractivity contribution in [2.75, 3.05) is 5.32 Å². The molecule has 2 aliphatic rings. The number of rotatable bonds is 4. The Morgan fingerprint density at radius 1 is 1.20 bits per heavy atom. The van der Waals surface area contributed by atoms with Gasteiger partial charge in [0.05, 0.1) is 10.7 Å². The Morgan fingerprint density at radius 3 is 2.70 bits per heavy atom. The first-order chi connectivity index (χ1) is 9.63. The molecule has 0 spiro atoms. The third kappa shape index (κ3) is 3.09. The third-order valence-corrected chi connectivity index (χ3v) is 4.94. The molecule has 2 aliphatic carbocycles. The summed E-state index contributed by atoms with van der Waals surface area (Å²) in [5.41, 5.74) is 6.67. The van der Waals surface area contributed by atoms with E-state index in [-0.39, 0.29) is 0 Å². The highest BCUT2D eigenvalue weighted by Gasteiger charge is 2.34. The number of amides is 1. The molecular formula is C16H21ClN2O. The second-order valence-corrected chi connectivity index (χ2v) is 6.57. The average molecular weight is 293 g/mol. The Kier molecular flexibility index (Phi) is 3.88. The molecule has 4 heteroatoms. The summed E-state index contributed by atoms with van der Waals surface area (Å²) in [5, 5.41) is 4.17. The van der Waals surface area contributed by atoms with Gasteiger partial charge in [-0.1, -0.05) is 24.4 Å². The number of nitrogens with two attached hydrogens (primary N) is 1. The number of halogens is 1. The van der Waals surface area contributed by atoms with E-state index in [4.69, 9.17) is 17.3 Å². The molecule has 1 aromatic rings. The number of anilines is 1. The van der Waals surface area contributed by atoms with Crippen LogP contribution in [0.2, 0.25) is 5.02 Å². The maximum atomic E-state index is 11.3. The van der Waals surface area contributed by atoms with Crippen LogP contribution in [0.4, 0.5) is 5.69 Å². The van der Waals surface area contributed by atoms with Crippen molar-refractivity contribution in [1.29, 1.82) is 0 Å². The Hall–Kier alpha value is -1.22. The lowest BCUT2D eigenvalue weighted by atomic mass is 9.82. The zero-order chi connectivity index (χ0) is 14.1.